The molecule has 0 saturated carbocycles. The Morgan fingerprint density at radius 3 is 2.77 bits per heavy atom. The fourth-order valence-corrected chi connectivity index (χ4v) is 4.25. The standard InChI is InChI=1S/C19H21F2N3OS/c20-18(21)12-24-9-7-13(8-10-24)22-11-14-5-6-16(25-14)19-23-15-3-1-2-4-17(15)26-19/h1-6,13,18,22H,7-12H2. The number of nitrogens with zero attached hydrogens (tertiary/aromatic N) is 2. The Labute approximate surface area is 154 Å². The lowest BCUT2D eigenvalue weighted by atomic mass is 10.1. The Hall–Kier alpha value is -1.83. The summed E-state index contributed by atoms with van der Waals surface area (Å²) in [6.07, 6.45) is -0.473. The van der Waals surface area contributed by atoms with Gasteiger partial charge in [0, 0.05) is 6.04 Å². The van der Waals surface area contributed by atoms with Crippen LogP contribution in [0.4, 0.5) is 8.78 Å². The summed E-state index contributed by atoms with van der Waals surface area (Å²) in [5, 5.41) is 4.37. The van der Waals surface area contributed by atoms with E-state index in [-0.39, 0.29) is 6.54 Å². The van der Waals surface area contributed by atoms with E-state index in [1.807, 2.05) is 35.2 Å². The van der Waals surface area contributed by atoms with E-state index in [1.54, 1.807) is 11.3 Å². The molecule has 138 valence electrons. The minimum absolute atomic E-state index is 0.115. The van der Waals surface area contributed by atoms with Gasteiger partial charge in [-0.15, -0.1) is 11.3 Å². The Morgan fingerprint density at radius 1 is 1.19 bits per heavy atom. The SMILES string of the molecule is FC(F)CN1CCC(NCc2ccc(-c3nc4ccccc4s3)o2)CC1. The van der Waals surface area contributed by atoms with Gasteiger partial charge in [-0.3, -0.25) is 4.90 Å². The number of rotatable bonds is 6. The predicted molar refractivity (Wildman–Crippen MR) is 99.6 cm³/mol. The number of thiazole rings is 1. The first-order chi connectivity index (χ1) is 12.7. The van der Waals surface area contributed by atoms with Gasteiger partial charge in [-0.2, -0.15) is 0 Å². The molecule has 1 aliphatic rings. The van der Waals surface area contributed by atoms with Crippen LogP contribution in [-0.2, 0) is 6.54 Å². The van der Waals surface area contributed by atoms with Crippen molar-refractivity contribution in [3.8, 4) is 10.8 Å². The summed E-state index contributed by atoms with van der Waals surface area (Å²) in [5.74, 6) is 1.66. The summed E-state index contributed by atoms with van der Waals surface area (Å²) in [6.45, 7) is 1.97. The second kappa shape index (κ2) is 7.82. The van der Waals surface area contributed by atoms with Crippen molar-refractivity contribution in [3.05, 3.63) is 42.2 Å². The van der Waals surface area contributed by atoms with Crippen LogP contribution in [0.2, 0.25) is 0 Å². The van der Waals surface area contributed by atoms with Crippen LogP contribution in [0.5, 0.6) is 0 Å². The molecule has 4 nitrogen and oxygen atoms in total. The summed E-state index contributed by atoms with van der Waals surface area (Å²) in [5.41, 5.74) is 0.985. The number of hydrogen-bond acceptors (Lipinski definition) is 5. The molecule has 0 radical (unpaired) electrons. The minimum atomic E-state index is -2.25. The first-order valence-corrected chi connectivity index (χ1v) is 9.67. The second-order valence-electron chi connectivity index (χ2n) is 6.60. The molecule has 0 amide bonds. The topological polar surface area (TPSA) is 41.3 Å². The van der Waals surface area contributed by atoms with E-state index in [4.69, 9.17) is 4.42 Å². The highest BCUT2D eigenvalue weighted by atomic mass is 32.1. The van der Waals surface area contributed by atoms with Gasteiger partial charge < -0.3 is 9.73 Å². The van der Waals surface area contributed by atoms with Crippen LogP contribution in [0.25, 0.3) is 21.0 Å². The molecule has 0 atom stereocenters. The number of alkyl halides is 2. The zero-order valence-electron chi connectivity index (χ0n) is 14.3. The van der Waals surface area contributed by atoms with Crippen LogP contribution in [-0.4, -0.2) is 42.0 Å². The Morgan fingerprint density at radius 2 is 2.00 bits per heavy atom. The number of nitrogens with one attached hydrogen (secondary N) is 1. The molecule has 1 aliphatic heterocycles. The van der Waals surface area contributed by atoms with Gasteiger partial charge in [0.15, 0.2) is 10.8 Å². The van der Waals surface area contributed by atoms with Crippen LogP contribution in [0.1, 0.15) is 18.6 Å². The average Bonchev–Trinajstić information content (AvgIpc) is 3.27. The Kier molecular flexibility index (Phi) is 5.28. The molecule has 2 aromatic heterocycles. The van der Waals surface area contributed by atoms with Gasteiger partial charge in [0.25, 0.3) is 6.43 Å². The lowest BCUT2D eigenvalue weighted by Crippen LogP contribution is -2.43. The fourth-order valence-electron chi connectivity index (χ4n) is 3.33. The summed E-state index contributed by atoms with van der Waals surface area (Å²) in [6, 6.07) is 12.3. The minimum Gasteiger partial charge on any atom is -0.457 e. The molecular formula is C19H21F2N3OS. The normalized spacial score (nSPS) is 16.7. The summed E-state index contributed by atoms with van der Waals surface area (Å²) in [4.78, 5) is 6.45. The van der Waals surface area contributed by atoms with Gasteiger partial charge in [-0.1, -0.05) is 12.1 Å². The molecule has 0 spiro atoms. The molecule has 3 heterocycles. The van der Waals surface area contributed by atoms with E-state index in [9.17, 15) is 8.78 Å². The predicted octanol–water partition coefficient (Wildman–Crippen LogP) is 4.38. The van der Waals surface area contributed by atoms with Crippen molar-refractivity contribution in [3.63, 3.8) is 0 Å². The van der Waals surface area contributed by atoms with Crippen LogP contribution in [0.15, 0.2) is 40.8 Å². The highest BCUT2D eigenvalue weighted by Gasteiger charge is 2.21. The molecule has 1 N–H and O–H groups in total. The second-order valence-corrected chi connectivity index (χ2v) is 7.63. The molecule has 0 bridgehead atoms. The fraction of sp³-hybridized carbons (Fsp3) is 0.421. The number of benzene rings is 1. The molecule has 7 heteroatoms. The largest absolute Gasteiger partial charge is 0.457 e. The van der Waals surface area contributed by atoms with Crippen LogP contribution in [0.3, 0.4) is 0 Å². The van der Waals surface area contributed by atoms with Crippen molar-refractivity contribution in [2.24, 2.45) is 0 Å². The molecule has 26 heavy (non-hydrogen) atoms. The van der Waals surface area contributed by atoms with Crippen molar-refractivity contribution < 1.29 is 13.2 Å². The van der Waals surface area contributed by atoms with Gasteiger partial charge in [0.2, 0.25) is 0 Å². The average molecular weight is 377 g/mol. The smallest absolute Gasteiger partial charge is 0.251 e. The van der Waals surface area contributed by atoms with Crippen molar-refractivity contribution in [2.75, 3.05) is 19.6 Å². The maximum atomic E-state index is 12.4. The van der Waals surface area contributed by atoms with Gasteiger partial charge in [0.05, 0.1) is 23.3 Å². The molecule has 0 unspecified atom stereocenters. The molecule has 1 fully saturated rings. The van der Waals surface area contributed by atoms with Crippen molar-refractivity contribution in [1.82, 2.24) is 15.2 Å². The number of para-hydroxylation sites is 1. The van der Waals surface area contributed by atoms with E-state index in [2.05, 4.69) is 16.4 Å². The third-order valence-corrected chi connectivity index (χ3v) is 5.77. The molecule has 0 aliphatic carbocycles. The maximum absolute atomic E-state index is 12.4. The zero-order valence-corrected chi connectivity index (χ0v) is 15.1. The van der Waals surface area contributed by atoms with E-state index in [0.29, 0.717) is 12.6 Å². The van der Waals surface area contributed by atoms with E-state index >= 15 is 0 Å². The molecular weight excluding hydrogens is 356 g/mol. The number of furan rings is 1. The third kappa shape index (κ3) is 4.11. The lowest BCUT2D eigenvalue weighted by Gasteiger charge is -2.31. The Balaban J connectivity index is 1.32. The van der Waals surface area contributed by atoms with Crippen LogP contribution < -0.4 is 5.32 Å². The molecule has 3 aromatic rings. The Bertz CT molecular complexity index is 822. The monoisotopic (exact) mass is 377 g/mol. The van der Waals surface area contributed by atoms with E-state index in [0.717, 1.165) is 52.7 Å². The van der Waals surface area contributed by atoms with Crippen molar-refractivity contribution in [1.29, 1.82) is 0 Å². The molecule has 1 saturated heterocycles. The van der Waals surface area contributed by atoms with Gasteiger partial charge >= 0.3 is 0 Å². The number of halogens is 2. The van der Waals surface area contributed by atoms with Gasteiger partial charge in [-0.05, 0) is 50.2 Å². The summed E-state index contributed by atoms with van der Waals surface area (Å²) < 4.78 is 31.9. The number of piperidine rings is 1. The third-order valence-electron chi connectivity index (χ3n) is 4.72. The summed E-state index contributed by atoms with van der Waals surface area (Å²) in [7, 11) is 0. The van der Waals surface area contributed by atoms with Crippen molar-refractivity contribution >= 4 is 21.6 Å². The number of hydrogen-bond donors (Lipinski definition) is 1. The number of fused-ring (bicyclic) bond motifs is 1. The molecule has 1 aromatic carbocycles. The van der Waals surface area contributed by atoms with Crippen LogP contribution >= 0.6 is 11.3 Å². The van der Waals surface area contributed by atoms with E-state index in [1.165, 1.54) is 0 Å². The zero-order chi connectivity index (χ0) is 17.9. The highest BCUT2D eigenvalue weighted by Crippen LogP contribution is 2.31. The first kappa shape index (κ1) is 17.6. The van der Waals surface area contributed by atoms with Crippen molar-refractivity contribution in [2.45, 2.75) is 31.9 Å². The van der Waals surface area contributed by atoms with Gasteiger partial charge in [0.1, 0.15) is 5.76 Å². The lowest BCUT2D eigenvalue weighted by molar-refractivity contribution is 0.0728. The quantitative estimate of drug-likeness (QED) is 0.692. The highest BCUT2D eigenvalue weighted by molar-refractivity contribution is 7.21. The maximum Gasteiger partial charge on any atom is 0.251 e. The number of aromatic nitrogens is 1. The number of likely N-dealkylation sites (tertiary alicyclic amines) is 1. The first-order valence-electron chi connectivity index (χ1n) is 8.86. The molecule has 4 rings (SSSR count). The van der Waals surface area contributed by atoms with Crippen LogP contribution in [0, 0.1) is 0 Å². The van der Waals surface area contributed by atoms with Gasteiger partial charge in [-0.25, -0.2) is 13.8 Å². The summed E-state index contributed by atoms with van der Waals surface area (Å²) >= 11 is 1.62. The van der Waals surface area contributed by atoms with E-state index < -0.39 is 6.43 Å².